The second-order valence-corrected chi connectivity index (χ2v) is 3.21. The van der Waals surface area contributed by atoms with Crippen LogP contribution in [-0.2, 0) is 19.2 Å². The zero-order valence-corrected chi connectivity index (χ0v) is 9.10. The van der Waals surface area contributed by atoms with Gasteiger partial charge in [-0.05, 0) is 13.3 Å². The van der Waals surface area contributed by atoms with Gasteiger partial charge in [0.05, 0.1) is 12.3 Å². The lowest BCUT2D eigenvalue weighted by atomic mass is 9.98. The Morgan fingerprint density at radius 2 is 2.12 bits per heavy atom. The first-order valence-corrected chi connectivity index (χ1v) is 4.97. The van der Waals surface area contributed by atoms with Gasteiger partial charge in [0.2, 0.25) is 0 Å². The van der Waals surface area contributed by atoms with Crippen LogP contribution in [0.2, 0.25) is 0 Å². The van der Waals surface area contributed by atoms with E-state index >= 15 is 0 Å². The van der Waals surface area contributed by atoms with E-state index in [0.29, 0.717) is 12.1 Å². The molecule has 0 aromatic rings. The van der Waals surface area contributed by atoms with Gasteiger partial charge in [0, 0.05) is 6.08 Å². The second kappa shape index (κ2) is 4.89. The maximum Gasteiger partial charge on any atom is 0.324 e. The quantitative estimate of drug-likeness (QED) is 0.700. The van der Waals surface area contributed by atoms with Crippen molar-refractivity contribution in [2.45, 2.75) is 20.3 Å². The van der Waals surface area contributed by atoms with E-state index in [1.807, 2.05) is 0 Å². The van der Waals surface area contributed by atoms with Crippen molar-refractivity contribution >= 4 is 17.7 Å². The number of rotatable bonds is 4. The Bertz CT molecular complexity index is 360. The average molecular weight is 227 g/mol. The first kappa shape index (κ1) is 12.4. The second-order valence-electron chi connectivity index (χ2n) is 3.21. The molecular formula is C10H13NO5. The number of hydrogen-bond donors (Lipinski definition) is 1. The average Bonchev–Trinajstić information content (AvgIpc) is 2.21. The number of amides is 1. The van der Waals surface area contributed by atoms with E-state index in [0.717, 1.165) is 11.1 Å². The standard InChI is InChI=1S/C10H13NO5/c1-3-6-5-7(12)8(10(14)15)9(13)11(6)16-4-2/h5,8H,3-4H2,1-2H3,(H,14,15). The van der Waals surface area contributed by atoms with Gasteiger partial charge in [-0.3, -0.25) is 19.2 Å². The molecule has 0 saturated heterocycles. The highest BCUT2D eigenvalue weighted by Gasteiger charge is 2.41. The summed E-state index contributed by atoms with van der Waals surface area (Å²) in [6.45, 7) is 3.65. The molecule has 1 unspecified atom stereocenters. The van der Waals surface area contributed by atoms with Crippen molar-refractivity contribution in [1.82, 2.24) is 5.06 Å². The Morgan fingerprint density at radius 3 is 2.56 bits per heavy atom. The number of allylic oxidation sites excluding steroid dienone is 2. The summed E-state index contributed by atoms with van der Waals surface area (Å²) in [6.07, 6.45) is 1.57. The zero-order valence-electron chi connectivity index (χ0n) is 9.10. The van der Waals surface area contributed by atoms with Crippen molar-refractivity contribution in [3.8, 4) is 0 Å². The van der Waals surface area contributed by atoms with Gasteiger partial charge in [0.1, 0.15) is 0 Å². The Kier molecular flexibility index (Phi) is 3.78. The van der Waals surface area contributed by atoms with Crippen LogP contribution in [0.15, 0.2) is 11.8 Å². The molecular weight excluding hydrogens is 214 g/mol. The largest absolute Gasteiger partial charge is 0.480 e. The molecule has 1 atom stereocenters. The van der Waals surface area contributed by atoms with E-state index in [9.17, 15) is 14.4 Å². The van der Waals surface area contributed by atoms with Crippen LogP contribution in [0.5, 0.6) is 0 Å². The summed E-state index contributed by atoms with van der Waals surface area (Å²) in [5.41, 5.74) is 0.384. The SMILES string of the molecule is CCON1C(=O)C(C(=O)O)C(=O)C=C1CC. The molecule has 0 aromatic carbocycles. The number of nitrogens with zero attached hydrogens (tertiary/aromatic N) is 1. The minimum atomic E-state index is -1.68. The fourth-order valence-corrected chi connectivity index (χ4v) is 1.44. The molecule has 1 rings (SSSR count). The highest BCUT2D eigenvalue weighted by atomic mass is 16.7. The van der Waals surface area contributed by atoms with Gasteiger partial charge in [0.15, 0.2) is 11.7 Å². The highest BCUT2D eigenvalue weighted by molar-refractivity contribution is 6.21. The molecule has 1 heterocycles. The van der Waals surface area contributed by atoms with Crippen molar-refractivity contribution in [2.75, 3.05) is 6.61 Å². The van der Waals surface area contributed by atoms with E-state index < -0.39 is 23.6 Å². The van der Waals surface area contributed by atoms with Crippen LogP contribution in [0, 0.1) is 5.92 Å². The first-order chi connectivity index (χ1) is 7.52. The molecule has 0 radical (unpaired) electrons. The number of hydrogen-bond acceptors (Lipinski definition) is 4. The number of ketones is 1. The number of hydroxylamine groups is 2. The molecule has 6 nitrogen and oxygen atoms in total. The number of carbonyl (C=O) groups is 3. The molecule has 1 aliphatic rings. The maximum absolute atomic E-state index is 11.7. The summed E-state index contributed by atoms with van der Waals surface area (Å²) in [5, 5.41) is 9.67. The van der Waals surface area contributed by atoms with E-state index in [4.69, 9.17) is 9.94 Å². The lowest BCUT2D eigenvalue weighted by Gasteiger charge is -2.28. The van der Waals surface area contributed by atoms with E-state index in [1.165, 1.54) is 0 Å². The van der Waals surface area contributed by atoms with Gasteiger partial charge >= 0.3 is 5.97 Å². The van der Waals surface area contributed by atoms with Crippen molar-refractivity contribution in [3.63, 3.8) is 0 Å². The smallest absolute Gasteiger partial charge is 0.324 e. The molecule has 0 aromatic heterocycles. The number of carbonyl (C=O) groups excluding carboxylic acids is 2. The fourth-order valence-electron chi connectivity index (χ4n) is 1.44. The van der Waals surface area contributed by atoms with Crippen LogP contribution < -0.4 is 0 Å². The Balaban J connectivity index is 3.08. The van der Waals surface area contributed by atoms with Gasteiger partial charge in [-0.15, -0.1) is 0 Å². The predicted octanol–water partition coefficient (Wildman–Crippen LogP) is 0.344. The Hall–Kier alpha value is -1.69. The molecule has 0 bridgehead atoms. The monoisotopic (exact) mass is 227 g/mol. The fraction of sp³-hybridized carbons (Fsp3) is 0.500. The van der Waals surface area contributed by atoms with Gasteiger partial charge in [-0.25, -0.2) is 0 Å². The van der Waals surface area contributed by atoms with Gasteiger partial charge in [-0.2, -0.15) is 5.06 Å². The van der Waals surface area contributed by atoms with Gasteiger partial charge in [0.25, 0.3) is 5.91 Å². The van der Waals surface area contributed by atoms with E-state index in [2.05, 4.69) is 0 Å². The molecule has 1 N–H and O–H groups in total. The van der Waals surface area contributed by atoms with Crippen LogP contribution in [0.4, 0.5) is 0 Å². The third-order valence-corrected chi connectivity index (χ3v) is 2.17. The van der Waals surface area contributed by atoms with Crippen LogP contribution in [0.25, 0.3) is 0 Å². The minimum Gasteiger partial charge on any atom is -0.480 e. The molecule has 88 valence electrons. The van der Waals surface area contributed by atoms with E-state index in [-0.39, 0.29) is 6.61 Å². The van der Waals surface area contributed by atoms with Crippen LogP contribution in [-0.4, -0.2) is 34.4 Å². The minimum absolute atomic E-state index is 0.226. The topological polar surface area (TPSA) is 83.9 Å². The number of aliphatic carboxylic acids is 1. The Labute approximate surface area is 92.4 Å². The summed E-state index contributed by atoms with van der Waals surface area (Å²) >= 11 is 0. The van der Waals surface area contributed by atoms with Crippen molar-refractivity contribution in [1.29, 1.82) is 0 Å². The van der Waals surface area contributed by atoms with Gasteiger partial charge < -0.3 is 5.11 Å². The van der Waals surface area contributed by atoms with E-state index in [1.54, 1.807) is 13.8 Å². The van der Waals surface area contributed by atoms with Gasteiger partial charge in [-0.1, -0.05) is 6.92 Å². The van der Waals surface area contributed by atoms with Crippen LogP contribution in [0.3, 0.4) is 0 Å². The predicted molar refractivity (Wildman–Crippen MR) is 53.0 cm³/mol. The molecule has 1 aliphatic heterocycles. The summed E-state index contributed by atoms with van der Waals surface area (Å²) in [6, 6.07) is 0. The van der Waals surface area contributed by atoms with Crippen molar-refractivity contribution < 1.29 is 24.3 Å². The molecule has 0 aliphatic carbocycles. The summed E-state index contributed by atoms with van der Waals surface area (Å²) < 4.78 is 0. The zero-order chi connectivity index (χ0) is 12.3. The normalized spacial score (nSPS) is 21.0. The molecule has 16 heavy (non-hydrogen) atoms. The molecule has 0 saturated carbocycles. The Morgan fingerprint density at radius 1 is 1.50 bits per heavy atom. The maximum atomic E-state index is 11.7. The third-order valence-electron chi connectivity index (χ3n) is 2.17. The van der Waals surface area contributed by atoms with Crippen molar-refractivity contribution in [2.24, 2.45) is 5.92 Å². The molecule has 6 heteroatoms. The lowest BCUT2D eigenvalue weighted by Crippen LogP contribution is -2.46. The van der Waals surface area contributed by atoms with Crippen molar-refractivity contribution in [3.05, 3.63) is 11.8 Å². The summed E-state index contributed by atoms with van der Waals surface area (Å²) in [7, 11) is 0. The number of carboxylic acids is 1. The number of carboxylic acid groups (broad SMARTS) is 1. The van der Waals surface area contributed by atoms with Crippen LogP contribution >= 0.6 is 0 Å². The highest BCUT2D eigenvalue weighted by Crippen LogP contribution is 2.21. The lowest BCUT2D eigenvalue weighted by molar-refractivity contribution is -0.184. The summed E-state index contributed by atoms with van der Waals surface area (Å²) in [4.78, 5) is 38.9. The summed E-state index contributed by atoms with van der Waals surface area (Å²) in [5.74, 6) is -4.67. The first-order valence-electron chi connectivity index (χ1n) is 4.97. The molecule has 0 fully saturated rings. The molecule has 1 amide bonds. The third kappa shape index (κ3) is 2.11. The molecule has 0 spiro atoms. The van der Waals surface area contributed by atoms with Crippen LogP contribution in [0.1, 0.15) is 20.3 Å².